The first-order valence-corrected chi connectivity index (χ1v) is 7.07. The van der Waals surface area contributed by atoms with Gasteiger partial charge in [0.25, 0.3) is 0 Å². The van der Waals surface area contributed by atoms with Crippen molar-refractivity contribution in [2.75, 3.05) is 19.6 Å². The van der Waals surface area contributed by atoms with E-state index in [-0.39, 0.29) is 11.6 Å². The van der Waals surface area contributed by atoms with Crippen molar-refractivity contribution >= 4 is 23.3 Å². The second-order valence-corrected chi connectivity index (χ2v) is 5.58. The van der Waals surface area contributed by atoms with E-state index in [0.717, 1.165) is 31.1 Å². The van der Waals surface area contributed by atoms with E-state index in [1.165, 1.54) is 11.3 Å². The number of aromatic nitrogens is 1. The molecule has 1 aliphatic heterocycles. The molecule has 1 fully saturated rings. The monoisotopic (exact) mass is 284 g/mol. The summed E-state index contributed by atoms with van der Waals surface area (Å²) in [5, 5.41) is 20.0. The quantitative estimate of drug-likeness (QED) is 0.843. The van der Waals surface area contributed by atoms with Gasteiger partial charge in [0.2, 0.25) is 0 Å². The number of aliphatic carboxylic acids is 1. The van der Waals surface area contributed by atoms with Gasteiger partial charge in [0.15, 0.2) is 5.69 Å². The Kier molecular flexibility index (Phi) is 4.49. The van der Waals surface area contributed by atoms with Gasteiger partial charge in [-0.05, 0) is 25.9 Å². The van der Waals surface area contributed by atoms with Gasteiger partial charge in [-0.1, -0.05) is 0 Å². The molecule has 2 rings (SSSR count). The largest absolute Gasteiger partial charge is 0.481 e. The van der Waals surface area contributed by atoms with Crippen molar-refractivity contribution in [1.29, 1.82) is 0 Å². The van der Waals surface area contributed by atoms with Gasteiger partial charge in [-0.3, -0.25) is 4.79 Å². The van der Waals surface area contributed by atoms with Crippen molar-refractivity contribution in [2.24, 2.45) is 5.92 Å². The van der Waals surface area contributed by atoms with Crippen molar-refractivity contribution < 1.29 is 19.8 Å². The van der Waals surface area contributed by atoms with Crippen LogP contribution in [-0.2, 0) is 11.2 Å². The topological polar surface area (TPSA) is 90.7 Å². The zero-order chi connectivity index (χ0) is 13.8. The summed E-state index contributed by atoms with van der Waals surface area (Å²) in [5.41, 5.74) is 0.101. The molecule has 0 saturated carbocycles. The SMILES string of the molecule is O=C(O)c1csc(CCN2CCC(C(=O)O)CC2)n1. The minimum Gasteiger partial charge on any atom is -0.481 e. The molecule has 0 spiro atoms. The average Bonchev–Trinajstić information content (AvgIpc) is 2.86. The Morgan fingerprint density at radius 2 is 2.05 bits per heavy atom. The van der Waals surface area contributed by atoms with E-state index in [2.05, 4.69) is 9.88 Å². The molecule has 0 aromatic carbocycles. The van der Waals surface area contributed by atoms with E-state index in [1.54, 1.807) is 5.38 Å². The highest BCUT2D eigenvalue weighted by Gasteiger charge is 2.24. The summed E-state index contributed by atoms with van der Waals surface area (Å²) in [4.78, 5) is 27.8. The summed E-state index contributed by atoms with van der Waals surface area (Å²) in [6.07, 6.45) is 2.09. The van der Waals surface area contributed by atoms with E-state index < -0.39 is 11.9 Å². The number of rotatable bonds is 5. The summed E-state index contributed by atoms with van der Waals surface area (Å²) in [6.45, 7) is 2.38. The van der Waals surface area contributed by atoms with E-state index in [1.807, 2.05) is 0 Å². The Morgan fingerprint density at radius 1 is 1.37 bits per heavy atom. The second kappa shape index (κ2) is 6.12. The molecule has 6 nitrogen and oxygen atoms in total. The van der Waals surface area contributed by atoms with Crippen molar-refractivity contribution in [1.82, 2.24) is 9.88 Å². The van der Waals surface area contributed by atoms with Crippen LogP contribution in [0.5, 0.6) is 0 Å². The molecule has 0 unspecified atom stereocenters. The minimum atomic E-state index is -0.996. The standard InChI is InChI=1S/C12H16N2O4S/c15-11(16)8-1-4-14(5-2-8)6-3-10-13-9(7-19-10)12(17)18/h7-8H,1-6H2,(H,15,16)(H,17,18). The third-order valence-corrected chi connectivity index (χ3v) is 4.26. The maximum atomic E-state index is 10.8. The number of thiazole rings is 1. The molecule has 19 heavy (non-hydrogen) atoms. The van der Waals surface area contributed by atoms with Crippen molar-refractivity contribution in [2.45, 2.75) is 19.3 Å². The number of carbonyl (C=O) groups is 2. The number of hydrogen-bond acceptors (Lipinski definition) is 5. The van der Waals surface area contributed by atoms with Crippen LogP contribution in [0.15, 0.2) is 5.38 Å². The number of likely N-dealkylation sites (tertiary alicyclic amines) is 1. The predicted octanol–water partition coefficient (Wildman–Crippen LogP) is 1.18. The number of aromatic carboxylic acids is 1. The Labute approximate surface area is 114 Å². The zero-order valence-corrected chi connectivity index (χ0v) is 11.2. The van der Waals surface area contributed by atoms with Crippen LogP contribution in [0, 0.1) is 5.92 Å². The molecule has 0 amide bonds. The van der Waals surface area contributed by atoms with Gasteiger partial charge in [-0.15, -0.1) is 11.3 Å². The van der Waals surface area contributed by atoms with Crippen molar-refractivity contribution in [3.05, 3.63) is 16.1 Å². The lowest BCUT2D eigenvalue weighted by Gasteiger charge is -2.29. The molecule has 0 radical (unpaired) electrons. The normalized spacial score (nSPS) is 17.5. The number of piperidine rings is 1. The Bertz CT molecular complexity index is 466. The molecule has 1 aromatic heterocycles. The van der Waals surface area contributed by atoms with Gasteiger partial charge in [-0.25, -0.2) is 9.78 Å². The molecule has 2 heterocycles. The summed E-state index contributed by atoms with van der Waals surface area (Å²) >= 11 is 1.36. The van der Waals surface area contributed by atoms with Crippen LogP contribution in [-0.4, -0.2) is 51.7 Å². The fourth-order valence-corrected chi connectivity index (χ4v) is 2.94. The molecule has 2 N–H and O–H groups in total. The third-order valence-electron chi connectivity index (χ3n) is 3.35. The number of hydrogen-bond donors (Lipinski definition) is 2. The highest BCUT2D eigenvalue weighted by molar-refractivity contribution is 7.09. The number of carboxylic acids is 2. The Hall–Kier alpha value is -1.47. The van der Waals surface area contributed by atoms with E-state index in [4.69, 9.17) is 10.2 Å². The first-order valence-electron chi connectivity index (χ1n) is 6.19. The lowest BCUT2D eigenvalue weighted by molar-refractivity contribution is -0.143. The van der Waals surface area contributed by atoms with Crippen LogP contribution < -0.4 is 0 Å². The van der Waals surface area contributed by atoms with Crippen LogP contribution in [0.4, 0.5) is 0 Å². The molecular formula is C12H16N2O4S. The van der Waals surface area contributed by atoms with Gasteiger partial charge in [0.05, 0.1) is 10.9 Å². The molecule has 0 atom stereocenters. The zero-order valence-electron chi connectivity index (χ0n) is 10.4. The molecule has 1 aromatic rings. The molecule has 0 bridgehead atoms. The second-order valence-electron chi connectivity index (χ2n) is 4.64. The van der Waals surface area contributed by atoms with Crippen LogP contribution in [0.25, 0.3) is 0 Å². The molecule has 104 valence electrons. The predicted molar refractivity (Wildman–Crippen MR) is 69.6 cm³/mol. The maximum Gasteiger partial charge on any atom is 0.355 e. The summed E-state index contributed by atoms with van der Waals surface area (Å²) < 4.78 is 0. The number of carboxylic acid groups (broad SMARTS) is 2. The van der Waals surface area contributed by atoms with E-state index in [0.29, 0.717) is 12.8 Å². The fourth-order valence-electron chi connectivity index (χ4n) is 2.18. The summed E-state index contributed by atoms with van der Waals surface area (Å²) in [7, 11) is 0. The van der Waals surface area contributed by atoms with Gasteiger partial charge in [0, 0.05) is 18.3 Å². The van der Waals surface area contributed by atoms with Gasteiger partial charge >= 0.3 is 11.9 Å². The van der Waals surface area contributed by atoms with Crippen LogP contribution in [0.2, 0.25) is 0 Å². The Morgan fingerprint density at radius 3 is 2.58 bits per heavy atom. The van der Waals surface area contributed by atoms with E-state index >= 15 is 0 Å². The lowest BCUT2D eigenvalue weighted by Crippen LogP contribution is -2.37. The maximum absolute atomic E-state index is 10.8. The highest BCUT2D eigenvalue weighted by Crippen LogP contribution is 2.18. The smallest absolute Gasteiger partial charge is 0.355 e. The summed E-state index contributed by atoms with van der Waals surface area (Å²) in [5.74, 6) is -1.91. The first-order chi connectivity index (χ1) is 9.06. The van der Waals surface area contributed by atoms with Crippen LogP contribution in [0.3, 0.4) is 0 Å². The van der Waals surface area contributed by atoms with Crippen molar-refractivity contribution in [3.63, 3.8) is 0 Å². The first kappa shape index (κ1) is 14.0. The van der Waals surface area contributed by atoms with E-state index in [9.17, 15) is 9.59 Å². The lowest BCUT2D eigenvalue weighted by atomic mass is 9.97. The van der Waals surface area contributed by atoms with Gasteiger partial charge < -0.3 is 15.1 Å². The van der Waals surface area contributed by atoms with Gasteiger partial charge in [-0.2, -0.15) is 0 Å². The van der Waals surface area contributed by atoms with Crippen LogP contribution >= 0.6 is 11.3 Å². The average molecular weight is 284 g/mol. The minimum absolute atomic E-state index is 0.101. The Balaban J connectivity index is 1.77. The van der Waals surface area contributed by atoms with Crippen LogP contribution in [0.1, 0.15) is 28.3 Å². The molecule has 1 aliphatic rings. The summed E-state index contributed by atoms with van der Waals surface area (Å²) in [6, 6.07) is 0. The fraction of sp³-hybridized carbons (Fsp3) is 0.583. The highest BCUT2D eigenvalue weighted by atomic mass is 32.1. The molecule has 1 saturated heterocycles. The molecule has 0 aliphatic carbocycles. The van der Waals surface area contributed by atoms with Gasteiger partial charge in [0.1, 0.15) is 0 Å². The number of nitrogens with zero attached hydrogens (tertiary/aromatic N) is 2. The molecular weight excluding hydrogens is 268 g/mol. The third kappa shape index (κ3) is 3.74. The van der Waals surface area contributed by atoms with Crippen molar-refractivity contribution in [3.8, 4) is 0 Å². The molecule has 7 heteroatoms.